The summed E-state index contributed by atoms with van der Waals surface area (Å²) in [6.07, 6.45) is 5.01. The van der Waals surface area contributed by atoms with Gasteiger partial charge in [-0.1, -0.05) is 16.1 Å². The van der Waals surface area contributed by atoms with E-state index in [2.05, 4.69) is 33.9 Å². The van der Waals surface area contributed by atoms with Gasteiger partial charge in [-0.2, -0.15) is 0 Å². The van der Waals surface area contributed by atoms with Crippen LogP contribution in [0.1, 0.15) is 31.4 Å². The molecular formula is C11H19ClN4S. The summed E-state index contributed by atoms with van der Waals surface area (Å²) < 4.78 is 4.59. The number of rotatable bonds is 4. The molecule has 1 aliphatic rings. The molecule has 1 aromatic rings. The van der Waals surface area contributed by atoms with Crippen LogP contribution in [0.2, 0.25) is 4.34 Å². The molecule has 1 N–H and O–H groups in total. The average Bonchev–Trinajstić information content (AvgIpc) is 2.75. The molecule has 0 saturated heterocycles. The van der Waals surface area contributed by atoms with Crippen molar-refractivity contribution in [2.75, 3.05) is 14.1 Å². The van der Waals surface area contributed by atoms with Crippen LogP contribution in [0.25, 0.3) is 0 Å². The van der Waals surface area contributed by atoms with Crippen LogP contribution in [0.5, 0.6) is 0 Å². The summed E-state index contributed by atoms with van der Waals surface area (Å²) in [5.74, 6) is 0. The van der Waals surface area contributed by atoms with Crippen molar-refractivity contribution >= 4 is 23.1 Å². The Morgan fingerprint density at radius 2 is 2.12 bits per heavy atom. The number of hydrogen-bond acceptors (Lipinski definition) is 5. The van der Waals surface area contributed by atoms with E-state index in [1.807, 2.05) is 0 Å². The van der Waals surface area contributed by atoms with Crippen LogP contribution >= 0.6 is 23.1 Å². The Morgan fingerprint density at radius 1 is 1.41 bits per heavy atom. The molecule has 0 unspecified atom stereocenters. The first-order valence-corrected chi connectivity index (χ1v) is 7.20. The zero-order chi connectivity index (χ0) is 12.3. The first-order chi connectivity index (χ1) is 8.20. The van der Waals surface area contributed by atoms with E-state index in [-0.39, 0.29) is 0 Å². The lowest BCUT2D eigenvalue weighted by Gasteiger charge is -2.34. The van der Waals surface area contributed by atoms with Gasteiger partial charge in [-0.05, 0) is 39.8 Å². The van der Waals surface area contributed by atoms with Crippen LogP contribution in [0.15, 0.2) is 0 Å². The highest BCUT2D eigenvalue weighted by atomic mass is 35.5. The third kappa shape index (κ3) is 3.37. The Kier molecular flexibility index (Phi) is 4.73. The Hall–Kier alpha value is -0.230. The molecule has 1 heterocycles. The van der Waals surface area contributed by atoms with Gasteiger partial charge in [-0.25, -0.2) is 0 Å². The van der Waals surface area contributed by atoms with Crippen LogP contribution in [-0.4, -0.2) is 40.7 Å². The largest absolute Gasteiger partial charge is 0.317 e. The van der Waals surface area contributed by atoms with Crippen molar-refractivity contribution in [2.24, 2.45) is 0 Å². The third-order valence-corrected chi connectivity index (χ3v) is 4.62. The first-order valence-electron chi connectivity index (χ1n) is 6.05. The Morgan fingerprint density at radius 3 is 2.65 bits per heavy atom. The van der Waals surface area contributed by atoms with E-state index >= 15 is 0 Å². The molecule has 0 spiro atoms. The molecule has 2 rings (SSSR count). The maximum atomic E-state index is 6.03. The van der Waals surface area contributed by atoms with Gasteiger partial charge < -0.3 is 5.32 Å². The van der Waals surface area contributed by atoms with Crippen LogP contribution in [0, 0.1) is 0 Å². The molecule has 0 aliphatic heterocycles. The van der Waals surface area contributed by atoms with Gasteiger partial charge in [0.2, 0.25) is 0 Å². The second kappa shape index (κ2) is 6.09. The van der Waals surface area contributed by atoms with Crippen LogP contribution < -0.4 is 5.32 Å². The Bertz CT molecular complexity index is 349. The van der Waals surface area contributed by atoms with Crippen LogP contribution in [0.3, 0.4) is 0 Å². The topological polar surface area (TPSA) is 41.0 Å². The summed E-state index contributed by atoms with van der Waals surface area (Å²) in [5.41, 5.74) is 0.912. The number of halogens is 1. The fraction of sp³-hybridized carbons (Fsp3) is 0.818. The minimum absolute atomic E-state index is 0.650. The van der Waals surface area contributed by atoms with Gasteiger partial charge in [0.1, 0.15) is 10.0 Å². The molecule has 1 aromatic heterocycles. The molecular weight excluding hydrogens is 256 g/mol. The van der Waals surface area contributed by atoms with E-state index in [1.165, 1.54) is 37.2 Å². The van der Waals surface area contributed by atoms with Crippen molar-refractivity contribution in [3.63, 3.8) is 0 Å². The predicted molar refractivity (Wildman–Crippen MR) is 71.5 cm³/mol. The molecule has 0 aromatic carbocycles. The lowest BCUT2D eigenvalue weighted by Crippen LogP contribution is -2.39. The SMILES string of the molecule is CNC1CCC(N(C)Cc2nnsc2Cl)CC1. The standard InChI is InChI=1S/C11H19ClN4S/c1-13-8-3-5-9(6-4-8)16(2)7-10-11(12)17-15-14-10/h8-9,13H,3-7H2,1-2H3. The second-order valence-corrected chi connectivity index (χ2v) is 6.06. The van der Waals surface area contributed by atoms with Crippen LogP contribution in [-0.2, 0) is 6.54 Å². The van der Waals surface area contributed by atoms with Gasteiger partial charge in [0, 0.05) is 30.2 Å². The van der Waals surface area contributed by atoms with Crippen molar-refractivity contribution in [3.05, 3.63) is 10.0 Å². The van der Waals surface area contributed by atoms with Gasteiger partial charge in [-0.3, -0.25) is 4.90 Å². The highest BCUT2D eigenvalue weighted by Crippen LogP contribution is 2.25. The molecule has 1 aliphatic carbocycles. The smallest absolute Gasteiger partial charge is 0.138 e. The normalized spacial score (nSPS) is 25.4. The number of hydrogen-bond donors (Lipinski definition) is 1. The molecule has 0 amide bonds. The predicted octanol–water partition coefficient (Wildman–Crippen LogP) is 2.15. The quantitative estimate of drug-likeness (QED) is 0.914. The summed E-state index contributed by atoms with van der Waals surface area (Å²) in [7, 11) is 4.20. The molecule has 0 radical (unpaired) electrons. The highest BCUT2D eigenvalue weighted by molar-refractivity contribution is 7.10. The molecule has 1 saturated carbocycles. The zero-order valence-electron chi connectivity index (χ0n) is 10.3. The van der Waals surface area contributed by atoms with E-state index < -0.39 is 0 Å². The molecule has 6 heteroatoms. The minimum Gasteiger partial charge on any atom is -0.317 e. The summed E-state index contributed by atoms with van der Waals surface area (Å²) >= 11 is 7.29. The second-order valence-electron chi connectivity index (χ2n) is 4.70. The van der Waals surface area contributed by atoms with Crippen LogP contribution in [0.4, 0.5) is 0 Å². The maximum Gasteiger partial charge on any atom is 0.138 e. The van der Waals surface area contributed by atoms with Crippen molar-refractivity contribution in [2.45, 2.75) is 44.3 Å². The lowest BCUT2D eigenvalue weighted by atomic mass is 9.90. The van der Waals surface area contributed by atoms with Gasteiger partial charge in [0.05, 0.1) is 0 Å². The lowest BCUT2D eigenvalue weighted by molar-refractivity contribution is 0.168. The maximum absolute atomic E-state index is 6.03. The Balaban J connectivity index is 1.85. The molecule has 96 valence electrons. The fourth-order valence-corrected chi connectivity index (χ4v) is 3.07. The van der Waals surface area contributed by atoms with E-state index in [9.17, 15) is 0 Å². The molecule has 17 heavy (non-hydrogen) atoms. The monoisotopic (exact) mass is 274 g/mol. The highest BCUT2D eigenvalue weighted by Gasteiger charge is 2.23. The van der Waals surface area contributed by atoms with E-state index in [0.29, 0.717) is 12.1 Å². The van der Waals surface area contributed by atoms with Gasteiger partial charge >= 0.3 is 0 Å². The molecule has 1 fully saturated rings. The average molecular weight is 275 g/mol. The number of aromatic nitrogens is 2. The van der Waals surface area contributed by atoms with Crippen molar-refractivity contribution in [3.8, 4) is 0 Å². The van der Waals surface area contributed by atoms with Gasteiger partial charge in [0.15, 0.2) is 0 Å². The molecule has 0 atom stereocenters. The van der Waals surface area contributed by atoms with Crippen molar-refractivity contribution < 1.29 is 0 Å². The van der Waals surface area contributed by atoms with E-state index in [1.54, 1.807) is 0 Å². The third-order valence-electron chi connectivity index (χ3n) is 3.64. The Labute approximate surface area is 112 Å². The number of nitrogens with zero attached hydrogens (tertiary/aromatic N) is 3. The first kappa shape index (κ1) is 13.2. The summed E-state index contributed by atoms with van der Waals surface area (Å²) in [4.78, 5) is 2.36. The molecule has 4 nitrogen and oxygen atoms in total. The number of nitrogens with one attached hydrogen (secondary N) is 1. The minimum atomic E-state index is 0.650. The van der Waals surface area contributed by atoms with Crippen molar-refractivity contribution in [1.82, 2.24) is 19.8 Å². The van der Waals surface area contributed by atoms with Gasteiger partial charge in [0.25, 0.3) is 0 Å². The van der Waals surface area contributed by atoms with E-state index in [4.69, 9.17) is 11.6 Å². The fourth-order valence-electron chi connectivity index (χ4n) is 2.46. The molecule has 0 bridgehead atoms. The van der Waals surface area contributed by atoms with Gasteiger partial charge in [-0.15, -0.1) is 5.10 Å². The summed E-state index contributed by atoms with van der Waals surface area (Å²) in [6.45, 7) is 0.810. The summed E-state index contributed by atoms with van der Waals surface area (Å²) in [6, 6.07) is 1.35. The zero-order valence-corrected chi connectivity index (χ0v) is 11.9. The summed E-state index contributed by atoms with van der Waals surface area (Å²) in [5, 5.41) is 7.42. The van der Waals surface area contributed by atoms with Crippen molar-refractivity contribution in [1.29, 1.82) is 0 Å². The van der Waals surface area contributed by atoms with E-state index in [0.717, 1.165) is 16.6 Å².